The van der Waals surface area contributed by atoms with Crippen molar-refractivity contribution >= 4 is 11.0 Å². The van der Waals surface area contributed by atoms with Gasteiger partial charge in [-0.25, -0.2) is 4.68 Å². The van der Waals surface area contributed by atoms with E-state index in [1.165, 1.54) is 0 Å². The fourth-order valence-corrected chi connectivity index (χ4v) is 1.88. The number of phenols is 1. The standard InChI is InChI=1S/C13H11N3O/c1-9-4-2-5-10(8-9)16-11-6-3-7-12(17)13(11)14-15-16/h2-8,17H,1H3. The largest absolute Gasteiger partial charge is 0.506 e. The van der Waals surface area contributed by atoms with E-state index in [0.29, 0.717) is 5.52 Å². The molecule has 4 nitrogen and oxygen atoms in total. The molecule has 84 valence electrons. The Kier molecular flexibility index (Phi) is 2.08. The highest BCUT2D eigenvalue weighted by molar-refractivity contribution is 5.81. The van der Waals surface area contributed by atoms with Gasteiger partial charge in [0, 0.05) is 0 Å². The predicted octanol–water partition coefficient (Wildman–Crippen LogP) is 2.43. The van der Waals surface area contributed by atoms with Crippen LogP contribution in [0.5, 0.6) is 5.75 Å². The Balaban J connectivity index is 2.28. The molecule has 0 saturated carbocycles. The summed E-state index contributed by atoms with van der Waals surface area (Å²) in [5.41, 5.74) is 3.43. The molecule has 0 spiro atoms. The van der Waals surface area contributed by atoms with E-state index < -0.39 is 0 Å². The second kappa shape index (κ2) is 3.59. The van der Waals surface area contributed by atoms with Gasteiger partial charge in [0.15, 0.2) is 5.52 Å². The van der Waals surface area contributed by atoms with Crippen molar-refractivity contribution in [2.24, 2.45) is 0 Å². The number of aromatic hydroxyl groups is 1. The van der Waals surface area contributed by atoms with Crippen LogP contribution >= 0.6 is 0 Å². The third-order valence-electron chi connectivity index (χ3n) is 2.70. The quantitative estimate of drug-likeness (QED) is 0.692. The summed E-state index contributed by atoms with van der Waals surface area (Å²) in [5, 5.41) is 17.7. The molecule has 4 heteroatoms. The van der Waals surface area contributed by atoms with E-state index in [2.05, 4.69) is 10.3 Å². The molecule has 17 heavy (non-hydrogen) atoms. The highest BCUT2D eigenvalue weighted by Crippen LogP contribution is 2.23. The van der Waals surface area contributed by atoms with Crippen LogP contribution in [0.15, 0.2) is 42.5 Å². The Morgan fingerprint density at radius 2 is 1.94 bits per heavy atom. The maximum atomic E-state index is 9.67. The molecule has 0 aliphatic rings. The molecule has 0 atom stereocenters. The number of hydrogen-bond donors (Lipinski definition) is 1. The number of aryl methyl sites for hydroxylation is 1. The number of benzene rings is 2. The molecular formula is C13H11N3O. The Bertz CT molecular complexity index is 688. The van der Waals surface area contributed by atoms with Gasteiger partial charge in [0.1, 0.15) is 5.75 Å². The molecule has 0 aliphatic heterocycles. The van der Waals surface area contributed by atoms with Crippen LogP contribution in [-0.2, 0) is 0 Å². The number of fused-ring (bicyclic) bond motifs is 1. The molecule has 3 rings (SSSR count). The molecule has 0 amide bonds. The molecule has 0 aliphatic carbocycles. The Labute approximate surface area is 98.1 Å². The normalized spacial score (nSPS) is 10.9. The lowest BCUT2D eigenvalue weighted by atomic mass is 10.2. The fourth-order valence-electron chi connectivity index (χ4n) is 1.88. The average Bonchev–Trinajstić information content (AvgIpc) is 2.74. The van der Waals surface area contributed by atoms with E-state index in [4.69, 9.17) is 0 Å². The van der Waals surface area contributed by atoms with E-state index in [-0.39, 0.29) is 5.75 Å². The van der Waals surface area contributed by atoms with E-state index in [0.717, 1.165) is 16.8 Å². The van der Waals surface area contributed by atoms with Gasteiger partial charge in [-0.3, -0.25) is 0 Å². The van der Waals surface area contributed by atoms with Gasteiger partial charge in [-0.15, -0.1) is 5.10 Å². The molecule has 0 radical (unpaired) electrons. The summed E-state index contributed by atoms with van der Waals surface area (Å²) in [5.74, 6) is 0.154. The summed E-state index contributed by atoms with van der Waals surface area (Å²) in [6, 6.07) is 13.3. The molecule has 0 fully saturated rings. The molecule has 3 aromatic rings. The first-order valence-electron chi connectivity index (χ1n) is 5.36. The zero-order valence-corrected chi connectivity index (χ0v) is 9.33. The molecular weight excluding hydrogens is 214 g/mol. The van der Waals surface area contributed by atoms with Crippen molar-refractivity contribution in [2.75, 3.05) is 0 Å². The molecule has 2 aromatic carbocycles. The summed E-state index contributed by atoms with van der Waals surface area (Å²) in [7, 11) is 0. The first kappa shape index (κ1) is 9.84. The fraction of sp³-hybridized carbons (Fsp3) is 0.0769. The average molecular weight is 225 g/mol. The Hall–Kier alpha value is -2.36. The number of phenolic OH excluding ortho intramolecular Hbond substituents is 1. The van der Waals surface area contributed by atoms with Crippen molar-refractivity contribution in [1.82, 2.24) is 15.0 Å². The predicted molar refractivity (Wildman–Crippen MR) is 65.3 cm³/mol. The third kappa shape index (κ3) is 1.54. The number of hydrogen-bond acceptors (Lipinski definition) is 3. The van der Waals surface area contributed by atoms with Crippen molar-refractivity contribution in [3.05, 3.63) is 48.0 Å². The van der Waals surface area contributed by atoms with Gasteiger partial charge in [0.2, 0.25) is 0 Å². The molecule has 1 aromatic heterocycles. The van der Waals surface area contributed by atoms with Crippen LogP contribution in [0.25, 0.3) is 16.7 Å². The summed E-state index contributed by atoms with van der Waals surface area (Å²) in [6.07, 6.45) is 0. The second-order valence-corrected chi connectivity index (χ2v) is 3.99. The third-order valence-corrected chi connectivity index (χ3v) is 2.70. The van der Waals surface area contributed by atoms with Crippen LogP contribution in [-0.4, -0.2) is 20.1 Å². The minimum absolute atomic E-state index is 0.154. The Morgan fingerprint density at radius 3 is 2.76 bits per heavy atom. The lowest BCUT2D eigenvalue weighted by Crippen LogP contribution is -1.96. The monoisotopic (exact) mass is 225 g/mol. The minimum atomic E-state index is 0.154. The molecule has 1 heterocycles. The van der Waals surface area contributed by atoms with Crippen molar-refractivity contribution < 1.29 is 5.11 Å². The zero-order valence-electron chi connectivity index (χ0n) is 9.33. The van der Waals surface area contributed by atoms with Crippen LogP contribution in [0.1, 0.15) is 5.56 Å². The molecule has 0 bridgehead atoms. The van der Waals surface area contributed by atoms with Crippen LogP contribution in [0.3, 0.4) is 0 Å². The van der Waals surface area contributed by atoms with Crippen LogP contribution in [0, 0.1) is 6.92 Å². The van der Waals surface area contributed by atoms with Gasteiger partial charge in [-0.05, 0) is 36.8 Å². The van der Waals surface area contributed by atoms with Crippen molar-refractivity contribution in [2.45, 2.75) is 6.92 Å². The lowest BCUT2D eigenvalue weighted by molar-refractivity contribution is 0.480. The number of rotatable bonds is 1. The van der Waals surface area contributed by atoms with Crippen LogP contribution in [0.2, 0.25) is 0 Å². The van der Waals surface area contributed by atoms with E-state index in [1.807, 2.05) is 37.3 Å². The highest BCUT2D eigenvalue weighted by atomic mass is 16.3. The smallest absolute Gasteiger partial charge is 0.155 e. The van der Waals surface area contributed by atoms with Gasteiger partial charge >= 0.3 is 0 Å². The van der Waals surface area contributed by atoms with Crippen LogP contribution < -0.4 is 0 Å². The highest BCUT2D eigenvalue weighted by Gasteiger charge is 2.09. The summed E-state index contributed by atoms with van der Waals surface area (Å²) in [6.45, 7) is 2.03. The topological polar surface area (TPSA) is 50.9 Å². The maximum Gasteiger partial charge on any atom is 0.155 e. The summed E-state index contributed by atoms with van der Waals surface area (Å²) < 4.78 is 1.72. The number of aromatic nitrogens is 3. The van der Waals surface area contributed by atoms with Gasteiger partial charge in [0.25, 0.3) is 0 Å². The summed E-state index contributed by atoms with van der Waals surface area (Å²) >= 11 is 0. The first-order valence-corrected chi connectivity index (χ1v) is 5.36. The van der Waals surface area contributed by atoms with Gasteiger partial charge < -0.3 is 5.11 Å². The zero-order chi connectivity index (χ0) is 11.8. The van der Waals surface area contributed by atoms with Gasteiger partial charge in [0.05, 0.1) is 11.2 Å². The van der Waals surface area contributed by atoms with E-state index in [1.54, 1.807) is 16.8 Å². The SMILES string of the molecule is Cc1cccc(-n2nnc3c(O)cccc32)c1. The maximum absolute atomic E-state index is 9.67. The van der Waals surface area contributed by atoms with Crippen molar-refractivity contribution in [3.8, 4) is 11.4 Å². The summed E-state index contributed by atoms with van der Waals surface area (Å²) in [4.78, 5) is 0. The number of nitrogens with zero attached hydrogens (tertiary/aromatic N) is 3. The molecule has 0 saturated heterocycles. The van der Waals surface area contributed by atoms with E-state index >= 15 is 0 Å². The van der Waals surface area contributed by atoms with E-state index in [9.17, 15) is 5.11 Å². The molecule has 1 N–H and O–H groups in total. The molecule has 0 unspecified atom stereocenters. The second-order valence-electron chi connectivity index (χ2n) is 3.99. The van der Waals surface area contributed by atoms with Gasteiger partial charge in [-0.2, -0.15) is 0 Å². The minimum Gasteiger partial charge on any atom is -0.506 e. The van der Waals surface area contributed by atoms with Crippen LogP contribution in [0.4, 0.5) is 0 Å². The first-order chi connectivity index (χ1) is 8.25. The van der Waals surface area contributed by atoms with Crippen molar-refractivity contribution in [1.29, 1.82) is 0 Å². The lowest BCUT2D eigenvalue weighted by Gasteiger charge is -2.02. The Morgan fingerprint density at radius 1 is 1.12 bits per heavy atom. The van der Waals surface area contributed by atoms with Gasteiger partial charge in [-0.1, -0.05) is 23.4 Å². The van der Waals surface area contributed by atoms with Crippen molar-refractivity contribution in [3.63, 3.8) is 0 Å².